The van der Waals surface area contributed by atoms with Crippen LogP contribution in [-0.2, 0) is 29.1 Å². The van der Waals surface area contributed by atoms with Gasteiger partial charge in [0, 0.05) is 44.2 Å². The Morgan fingerprint density at radius 1 is 1.08 bits per heavy atom. The molecule has 1 heterocycles. The number of amides is 2. The van der Waals surface area contributed by atoms with E-state index in [1.54, 1.807) is 4.90 Å². The minimum absolute atomic E-state index is 0.0219. The van der Waals surface area contributed by atoms with Crippen molar-refractivity contribution in [3.05, 3.63) is 65.2 Å². The van der Waals surface area contributed by atoms with E-state index in [9.17, 15) is 14.7 Å². The predicted octanol–water partition coefficient (Wildman–Crippen LogP) is 3.53. The normalized spacial score (nSPS) is 15.6. The first-order valence-electron chi connectivity index (χ1n) is 13.1. The van der Waals surface area contributed by atoms with Crippen LogP contribution in [-0.4, -0.2) is 65.6 Å². The number of aliphatic hydroxyl groups is 1. The van der Waals surface area contributed by atoms with Crippen LogP contribution in [0.4, 0.5) is 0 Å². The minimum atomic E-state index is -0.0621. The van der Waals surface area contributed by atoms with Gasteiger partial charge in [0.2, 0.25) is 11.8 Å². The van der Waals surface area contributed by atoms with Crippen LogP contribution in [0.2, 0.25) is 0 Å². The van der Waals surface area contributed by atoms with Crippen molar-refractivity contribution in [1.29, 1.82) is 0 Å². The molecule has 1 aliphatic heterocycles. The average molecular weight is 496 g/mol. The molecule has 7 heteroatoms. The summed E-state index contributed by atoms with van der Waals surface area (Å²) in [5.41, 5.74) is 3.15. The Morgan fingerprint density at radius 2 is 1.89 bits per heavy atom. The molecular weight excluding hydrogens is 454 g/mol. The zero-order valence-electron chi connectivity index (χ0n) is 21.7. The van der Waals surface area contributed by atoms with E-state index in [4.69, 9.17) is 4.74 Å². The molecule has 0 atom stereocenters. The number of carbonyl (C=O) groups is 2. The fraction of sp³-hybridized carbons (Fsp3) is 0.517. The summed E-state index contributed by atoms with van der Waals surface area (Å²) in [6.45, 7) is 7.23. The van der Waals surface area contributed by atoms with Gasteiger partial charge in [-0.05, 0) is 56.7 Å². The maximum Gasteiger partial charge on any atom is 0.234 e. The molecule has 0 fully saturated rings. The molecule has 0 spiro atoms. The molecule has 0 radical (unpaired) electrons. The van der Waals surface area contributed by atoms with Gasteiger partial charge >= 0.3 is 0 Å². The highest BCUT2D eigenvalue weighted by Crippen LogP contribution is 2.24. The topological polar surface area (TPSA) is 82.1 Å². The van der Waals surface area contributed by atoms with Gasteiger partial charge in [-0.3, -0.25) is 14.5 Å². The van der Waals surface area contributed by atoms with Crippen molar-refractivity contribution in [3.63, 3.8) is 0 Å². The van der Waals surface area contributed by atoms with Crippen molar-refractivity contribution in [2.24, 2.45) is 0 Å². The van der Waals surface area contributed by atoms with Crippen LogP contribution in [0, 0.1) is 0 Å². The van der Waals surface area contributed by atoms with Crippen molar-refractivity contribution >= 4 is 11.8 Å². The van der Waals surface area contributed by atoms with Crippen LogP contribution in [0.25, 0.3) is 0 Å². The van der Waals surface area contributed by atoms with Crippen LogP contribution >= 0.6 is 0 Å². The highest BCUT2D eigenvalue weighted by Gasteiger charge is 2.19. The second-order valence-corrected chi connectivity index (χ2v) is 9.72. The summed E-state index contributed by atoms with van der Waals surface area (Å²) in [6.07, 6.45) is 3.88. The molecule has 2 N–H and O–H groups in total. The molecule has 2 aromatic carbocycles. The fourth-order valence-corrected chi connectivity index (χ4v) is 4.37. The summed E-state index contributed by atoms with van der Waals surface area (Å²) in [7, 11) is 0. The summed E-state index contributed by atoms with van der Waals surface area (Å²) >= 11 is 0. The molecule has 0 saturated heterocycles. The number of benzene rings is 2. The lowest BCUT2D eigenvalue weighted by Crippen LogP contribution is -2.40. The van der Waals surface area contributed by atoms with E-state index in [0.29, 0.717) is 52.2 Å². The Bertz CT molecular complexity index is 964. The van der Waals surface area contributed by atoms with Crippen molar-refractivity contribution in [3.8, 4) is 5.75 Å². The fourth-order valence-electron chi connectivity index (χ4n) is 4.37. The van der Waals surface area contributed by atoms with E-state index in [1.807, 2.05) is 42.5 Å². The van der Waals surface area contributed by atoms with E-state index in [0.717, 1.165) is 41.7 Å². The Balaban J connectivity index is 1.71. The molecule has 36 heavy (non-hydrogen) atoms. The lowest BCUT2D eigenvalue weighted by atomic mass is 10.0. The van der Waals surface area contributed by atoms with E-state index in [-0.39, 0.29) is 24.5 Å². The number of aryl methyl sites for hydroxylation is 1. The summed E-state index contributed by atoms with van der Waals surface area (Å²) in [4.78, 5) is 29.3. The standard InChI is InChI=1S/C29H41N3O4/c1-23(2)32-21-26-19-24(11-13-27(26)36-18-8-4-7-15-30-28(34)22-32)12-14-29(35)31(16-17-33)20-25-9-5-3-6-10-25/h3,5-6,9-11,13,19,23,33H,4,7-8,12,14-18,20-22H2,1-2H3,(H,30,34). The highest BCUT2D eigenvalue weighted by atomic mass is 16.5. The molecule has 196 valence electrons. The van der Waals surface area contributed by atoms with E-state index < -0.39 is 0 Å². The smallest absolute Gasteiger partial charge is 0.234 e. The van der Waals surface area contributed by atoms with E-state index in [1.165, 1.54) is 0 Å². The van der Waals surface area contributed by atoms with Gasteiger partial charge in [0.05, 0.1) is 19.8 Å². The quantitative estimate of drug-likeness (QED) is 0.586. The molecular formula is C29H41N3O4. The first-order valence-corrected chi connectivity index (χ1v) is 13.1. The number of rotatable bonds is 8. The molecule has 7 nitrogen and oxygen atoms in total. The first-order chi connectivity index (χ1) is 17.5. The molecule has 0 aliphatic carbocycles. The SMILES string of the molecule is CC(C)N1CC(=O)NCCCCCOc2ccc(CCC(=O)N(CCO)Cc3ccccc3)cc2C1. The number of hydrogen-bond donors (Lipinski definition) is 2. The summed E-state index contributed by atoms with van der Waals surface area (Å²) in [6, 6.07) is 16.2. The largest absolute Gasteiger partial charge is 0.493 e. The van der Waals surface area contributed by atoms with Gasteiger partial charge in [-0.2, -0.15) is 0 Å². The number of carbonyl (C=O) groups excluding carboxylic acids is 2. The lowest BCUT2D eigenvalue weighted by molar-refractivity contribution is -0.132. The number of nitrogens with zero attached hydrogens (tertiary/aromatic N) is 2. The summed E-state index contributed by atoms with van der Waals surface area (Å²) in [5.74, 6) is 0.921. The maximum atomic E-state index is 13.0. The summed E-state index contributed by atoms with van der Waals surface area (Å²) in [5, 5.41) is 12.5. The Kier molecular flexibility index (Phi) is 11.2. The van der Waals surface area contributed by atoms with Crippen LogP contribution in [0.3, 0.4) is 0 Å². The molecule has 0 bridgehead atoms. The van der Waals surface area contributed by atoms with Crippen LogP contribution < -0.4 is 10.1 Å². The zero-order valence-corrected chi connectivity index (χ0v) is 21.7. The predicted molar refractivity (Wildman–Crippen MR) is 142 cm³/mol. The maximum absolute atomic E-state index is 13.0. The molecule has 0 saturated carbocycles. The molecule has 1 aliphatic rings. The molecule has 0 aromatic heterocycles. The van der Waals surface area contributed by atoms with Gasteiger partial charge in [0.1, 0.15) is 5.75 Å². The van der Waals surface area contributed by atoms with Crippen molar-refractivity contribution in [1.82, 2.24) is 15.1 Å². The van der Waals surface area contributed by atoms with Crippen LogP contribution in [0.15, 0.2) is 48.5 Å². The van der Waals surface area contributed by atoms with Gasteiger partial charge in [-0.15, -0.1) is 0 Å². The number of fused-ring (bicyclic) bond motifs is 1. The van der Waals surface area contributed by atoms with Gasteiger partial charge in [-0.1, -0.05) is 42.5 Å². The summed E-state index contributed by atoms with van der Waals surface area (Å²) < 4.78 is 6.14. The van der Waals surface area contributed by atoms with Gasteiger partial charge in [0.15, 0.2) is 0 Å². The Morgan fingerprint density at radius 3 is 2.64 bits per heavy atom. The third-order valence-corrected chi connectivity index (χ3v) is 6.54. The average Bonchev–Trinajstić information content (AvgIpc) is 2.88. The molecule has 0 unspecified atom stereocenters. The van der Waals surface area contributed by atoms with E-state index in [2.05, 4.69) is 30.1 Å². The second-order valence-electron chi connectivity index (χ2n) is 9.72. The van der Waals surface area contributed by atoms with Crippen LogP contribution in [0.5, 0.6) is 5.75 Å². The van der Waals surface area contributed by atoms with E-state index >= 15 is 0 Å². The molecule has 2 aromatic rings. The minimum Gasteiger partial charge on any atom is -0.493 e. The number of ether oxygens (including phenoxy) is 1. The third kappa shape index (κ3) is 8.95. The monoisotopic (exact) mass is 495 g/mol. The first kappa shape index (κ1) is 27.7. The highest BCUT2D eigenvalue weighted by molar-refractivity contribution is 5.78. The van der Waals surface area contributed by atoms with Crippen molar-refractivity contribution < 1.29 is 19.4 Å². The molecule has 3 rings (SSSR count). The van der Waals surface area contributed by atoms with Crippen molar-refractivity contribution in [2.45, 2.75) is 65.1 Å². The van der Waals surface area contributed by atoms with Gasteiger partial charge in [0.25, 0.3) is 0 Å². The number of aliphatic hydroxyl groups excluding tert-OH is 1. The lowest BCUT2D eigenvalue weighted by Gasteiger charge is -2.27. The van der Waals surface area contributed by atoms with Crippen molar-refractivity contribution in [2.75, 3.05) is 32.8 Å². The van der Waals surface area contributed by atoms with Gasteiger partial charge < -0.3 is 20.1 Å². The Hall–Kier alpha value is -2.90. The van der Waals surface area contributed by atoms with Crippen LogP contribution in [0.1, 0.15) is 56.2 Å². The number of hydrogen-bond acceptors (Lipinski definition) is 5. The number of nitrogens with one attached hydrogen (secondary N) is 1. The Labute approximate surface area is 215 Å². The third-order valence-electron chi connectivity index (χ3n) is 6.54. The molecule has 2 amide bonds. The van der Waals surface area contributed by atoms with Gasteiger partial charge in [-0.25, -0.2) is 0 Å². The zero-order chi connectivity index (χ0) is 25.8. The second kappa shape index (κ2) is 14.6.